The zero-order valence-electron chi connectivity index (χ0n) is 16.6. The molecule has 2 aromatic rings. The van der Waals surface area contributed by atoms with E-state index >= 15 is 0 Å². The predicted octanol–water partition coefficient (Wildman–Crippen LogP) is 2.20. The number of ether oxygens (including phenoxy) is 2. The van der Waals surface area contributed by atoms with Crippen LogP contribution in [0.4, 0.5) is 0 Å². The first-order valence-electron chi connectivity index (χ1n) is 10.3. The molecule has 0 aliphatic carbocycles. The Kier molecular flexibility index (Phi) is 4.91. The van der Waals surface area contributed by atoms with Gasteiger partial charge in [-0.05, 0) is 42.5 Å². The molecule has 3 heterocycles. The van der Waals surface area contributed by atoms with E-state index in [0.717, 1.165) is 24.0 Å². The molecule has 7 nitrogen and oxygen atoms in total. The molecule has 1 saturated heterocycles. The summed E-state index contributed by atoms with van der Waals surface area (Å²) in [6, 6.07) is 11.7. The topological polar surface area (TPSA) is 76.2 Å². The Labute approximate surface area is 176 Å². The smallest absolute Gasteiger partial charge is 0.244 e. The van der Waals surface area contributed by atoms with Gasteiger partial charge in [0.15, 0.2) is 11.5 Å². The molecule has 3 aliphatic rings. The Morgan fingerprint density at radius 1 is 0.933 bits per heavy atom. The van der Waals surface area contributed by atoms with Gasteiger partial charge in [0, 0.05) is 25.7 Å². The van der Waals surface area contributed by atoms with Crippen LogP contribution in [0.25, 0.3) is 0 Å². The highest BCUT2D eigenvalue weighted by Gasteiger charge is 2.41. The Morgan fingerprint density at radius 3 is 2.40 bits per heavy atom. The SMILES string of the molecule is O=C([C@@H]1Cc2ccccc2CN1S(=O)(=O)c1ccc2c(c1)OCCO2)N1CCCC1. The van der Waals surface area contributed by atoms with Crippen molar-refractivity contribution in [1.29, 1.82) is 0 Å². The lowest BCUT2D eigenvalue weighted by molar-refractivity contribution is -0.134. The molecule has 0 saturated carbocycles. The average Bonchev–Trinajstić information content (AvgIpc) is 3.32. The number of carbonyl (C=O) groups is 1. The van der Waals surface area contributed by atoms with E-state index < -0.39 is 16.1 Å². The van der Waals surface area contributed by atoms with Crippen molar-refractivity contribution in [1.82, 2.24) is 9.21 Å². The van der Waals surface area contributed by atoms with Crippen LogP contribution >= 0.6 is 0 Å². The van der Waals surface area contributed by atoms with Gasteiger partial charge in [-0.25, -0.2) is 8.42 Å². The standard InChI is InChI=1S/C22H24N2O5S/c25-22(23-9-3-4-10-23)19-13-16-5-1-2-6-17(16)15-24(19)30(26,27)18-7-8-20-21(14-18)29-12-11-28-20/h1-2,5-8,14,19H,3-4,9-13,15H2/t19-/m0/s1. The fourth-order valence-electron chi connectivity index (χ4n) is 4.43. The number of carbonyl (C=O) groups excluding carboxylic acids is 1. The van der Waals surface area contributed by atoms with Crippen molar-refractivity contribution in [3.63, 3.8) is 0 Å². The van der Waals surface area contributed by atoms with E-state index in [2.05, 4.69) is 0 Å². The van der Waals surface area contributed by atoms with E-state index in [4.69, 9.17) is 9.47 Å². The second-order valence-electron chi connectivity index (χ2n) is 7.88. The molecular weight excluding hydrogens is 404 g/mol. The van der Waals surface area contributed by atoms with E-state index in [0.29, 0.717) is 44.2 Å². The molecule has 158 valence electrons. The summed E-state index contributed by atoms with van der Waals surface area (Å²) in [5.74, 6) is 0.846. The second-order valence-corrected chi connectivity index (χ2v) is 9.77. The first kappa shape index (κ1) is 19.4. The van der Waals surface area contributed by atoms with Gasteiger partial charge in [0.1, 0.15) is 19.3 Å². The van der Waals surface area contributed by atoms with E-state index in [9.17, 15) is 13.2 Å². The number of benzene rings is 2. The molecule has 0 spiro atoms. The lowest BCUT2D eigenvalue weighted by atomic mass is 9.95. The van der Waals surface area contributed by atoms with Crippen molar-refractivity contribution >= 4 is 15.9 Å². The largest absolute Gasteiger partial charge is 0.486 e. The van der Waals surface area contributed by atoms with Crippen LogP contribution in [-0.2, 0) is 27.8 Å². The quantitative estimate of drug-likeness (QED) is 0.749. The second kappa shape index (κ2) is 7.59. The Hall–Kier alpha value is -2.58. The fourth-order valence-corrected chi connectivity index (χ4v) is 6.01. The summed E-state index contributed by atoms with van der Waals surface area (Å²) in [6.45, 7) is 2.37. The average molecular weight is 429 g/mol. The van der Waals surface area contributed by atoms with Crippen molar-refractivity contribution < 1.29 is 22.7 Å². The normalized spacial score (nSPS) is 21.3. The molecule has 8 heteroatoms. The van der Waals surface area contributed by atoms with Crippen LogP contribution in [0.15, 0.2) is 47.4 Å². The summed E-state index contributed by atoms with van der Waals surface area (Å²) < 4.78 is 39.8. The van der Waals surface area contributed by atoms with Crippen LogP contribution in [-0.4, -0.2) is 55.9 Å². The van der Waals surface area contributed by atoms with Gasteiger partial charge in [0.25, 0.3) is 0 Å². The molecule has 0 radical (unpaired) electrons. The van der Waals surface area contributed by atoms with E-state index in [1.54, 1.807) is 11.0 Å². The van der Waals surface area contributed by atoms with Crippen LogP contribution in [0.3, 0.4) is 0 Å². The van der Waals surface area contributed by atoms with Gasteiger partial charge in [0.05, 0.1) is 4.90 Å². The number of rotatable bonds is 3. The highest BCUT2D eigenvalue weighted by atomic mass is 32.2. The van der Waals surface area contributed by atoms with Crippen LogP contribution < -0.4 is 9.47 Å². The van der Waals surface area contributed by atoms with Crippen molar-refractivity contribution in [2.45, 2.75) is 36.7 Å². The van der Waals surface area contributed by atoms with Crippen molar-refractivity contribution in [2.24, 2.45) is 0 Å². The maximum absolute atomic E-state index is 13.7. The summed E-state index contributed by atoms with van der Waals surface area (Å²) in [5, 5.41) is 0. The summed E-state index contributed by atoms with van der Waals surface area (Å²) >= 11 is 0. The predicted molar refractivity (Wildman–Crippen MR) is 110 cm³/mol. The maximum Gasteiger partial charge on any atom is 0.244 e. The maximum atomic E-state index is 13.7. The summed E-state index contributed by atoms with van der Waals surface area (Å²) in [5.41, 5.74) is 1.97. The zero-order chi connectivity index (χ0) is 20.7. The first-order chi connectivity index (χ1) is 14.5. The van der Waals surface area contributed by atoms with Gasteiger partial charge in [-0.3, -0.25) is 4.79 Å². The number of sulfonamides is 1. The fraction of sp³-hybridized carbons (Fsp3) is 0.409. The molecule has 1 fully saturated rings. The summed E-state index contributed by atoms with van der Waals surface area (Å²) in [7, 11) is -3.91. The number of amides is 1. The molecule has 0 aromatic heterocycles. The first-order valence-corrected chi connectivity index (χ1v) is 11.7. The lowest BCUT2D eigenvalue weighted by Crippen LogP contribution is -2.53. The van der Waals surface area contributed by atoms with E-state index in [-0.39, 0.29) is 17.3 Å². The van der Waals surface area contributed by atoms with Crippen LogP contribution in [0.2, 0.25) is 0 Å². The monoisotopic (exact) mass is 428 g/mol. The summed E-state index contributed by atoms with van der Waals surface area (Å²) in [6.07, 6.45) is 2.31. The third-order valence-corrected chi connectivity index (χ3v) is 7.88. The third kappa shape index (κ3) is 3.33. The minimum Gasteiger partial charge on any atom is -0.486 e. The molecule has 1 atom stereocenters. The minimum atomic E-state index is -3.91. The van der Waals surface area contributed by atoms with Gasteiger partial charge < -0.3 is 14.4 Å². The Bertz CT molecular complexity index is 1080. The Morgan fingerprint density at radius 2 is 1.63 bits per heavy atom. The number of hydrogen-bond acceptors (Lipinski definition) is 5. The zero-order valence-corrected chi connectivity index (χ0v) is 17.4. The molecule has 2 aromatic carbocycles. The van der Waals surface area contributed by atoms with Crippen LogP contribution in [0, 0.1) is 0 Å². The Balaban J connectivity index is 1.54. The van der Waals surface area contributed by atoms with Crippen molar-refractivity contribution in [3.05, 3.63) is 53.6 Å². The third-order valence-electron chi connectivity index (χ3n) is 6.03. The van der Waals surface area contributed by atoms with Gasteiger partial charge in [-0.2, -0.15) is 4.31 Å². The molecular formula is C22H24N2O5S. The highest BCUT2D eigenvalue weighted by Crippen LogP contribution is 2.36. The molecule has 0 bridgehead atoms. The minimum absolute atomic E-state index is 0.108. The highest BCUT2D eigenvalue weighted by molar-refractivity contribution is 7.89. The van der Waals surface area contributed by atoms with Gasteiger partial charge in [0.2, 0.25) is 15.9 Å². The molecule has 0 unspecified atom stereocenters. The molecule has 30 heavy (non-hydrogen) atoms. The van der Waals surface area contributed by atoms with Crippen molar-refractivity contribution in [2.75, 3.05) is 26.3 Å². The molecule has 3 aliphatic heterocycles. The number of nitrogens with zero attached hydrogens (tertiary/aromatic N) is 2. The van der Waals surface area contributed by atoms with Gasteiger partial charge in [-0.15, -0.1) is 0 Å². The van der Waals surface area contributed by atoms with Gasteiger partial charge >= 0.3 is 0 Å². The molecule has 1 amide bonds. The number of fused-ring (bicyclic) bond motifs is 2. The van der Waals surface area contributed by atoms with E-state index in [1.165, 1.54) is 16.4 Å². The molecule has 5 rings (SSSR count). The molecule has 0 N–H and O–H groups in total. The van der Waals surface area contributed by atoms with E-state index in [1.807, 2.05) is 24.3 Å². The van der Waals surface area contributed by atoms with Gasteiger partial charge in [-0.1, -0.05) is 24.3 Å². The van der Waals surface area contributed by atoms with Crippen LogP contribution in [0.5, 0.6) is 11.5 Å². The summed E-state index contributed by atoms with van der Waals surface area (Å²) in [4.78, 5) is 15.2. The lowest BCUT2D eigenvalue weighted by Gasteiger charge is -2.37. The van der Waals surface area contributed by atoms with Crippen molar-refractivity contribution in [3.8, 4) is 11.5 Å². The number of likely N-dealkylation sites (tertiary alicyclic amines) is 1. The number of hydrogen-bond donors (Lipinski definition) is 0. The van der Waals surface area contributed by atoms with Crippen LogP contribution in [0.1, 0.15) is 24.0 Å².